The summed E-state index contributed by atoms with van der Waals surface area (Å²) in [6.45, 7) is 3.73. The first-order chi connectivity index (χ1) is 12.1. The standard InChI is InChI=1S/C19H24FN3OS.HI/c1-3-21-19(23(2)15-16-8-7-9-17(20)14-16)22-12-13-25(24)18-10-5-4-6-11-18;/h4-11,14H,3,12-13,15H2,1-2H3,(H,21,22);1H. The number of aliphatic imine (C=N–C) groups is 1. The molecular formula is C19H25FIN3OS. The highest BCUT2D eigenvalue weighted by Crippen LogP contribution is 2.07. The third-order valence-corrected chi connectivity index (χ3v) is 4.90. The highest BCUT2D eigenvalue weighted by atomic mass is 127. The fourth-order valence-corrected chi connectivity index (χ4v) is 3.33. The van der Waals surface area contributed by atoms with Crippen molar-refractivity contribution >= 4 is 40.7 Å². The molecule has 0 aromatic heterocycles. The van der Waals surface area contributed by atoms with Gasteiger partial charge in [-0.15, -0.1) is 24.0 Å². The third kappa shape index (κ3) is 7.41. The van der Waals surface area contributed by atoms with E-state index in [0.29, 0.717) is 18.8 Å². The molecule has 0 saturated heterocycles. The molecule has 142 valence electrons. The van der Waals surface area contributed by atoms with E-state index >= 15 is 0 Å². The van der Waals surface area contributed by atoms with Gasteiger partial charge in [-0.05, 0) is 36.8 Å². The molecule has 2 aromatic rings. The molecule has 0 radical (unpaired) electrons. The summed E-state index contributed by atoms with van der Waals surface area (Å²) >= 11 is 0. The zero-order valence-corrected chi connectivity index (χ0v) is 18.2. The highest BCUT2D eigenvalue weighted by molar-refractivity contribution is 14.0. The molecule has 0 amide bonds. The number of benzene rings is 2. The predicted molar refractivity (Wildman–Crippen MR) is 117 cm³/mol. The van der Waals surface area contributed by atoms with E-state index < -0.39 is 10.8 Å². The third-order valence-electron chi connectivity index (χ3n) is 3.55. The second kappa shape index (κ2) is 12.0. The van der Waals surface area contributed by atoms with Crippen molar-refractivity contribution in [3.05, 3.63) is 66.0 Å². The first-order valence-corrected chi connectivity index (χ1v) is 9.59. The topological polar surface area (TPSA) is 44.7 Å². The number of guanidine groups is 1. The molecule has 0 heterocycles. The summed E-state index contributed by atoms with van der Waals surface area (Å²) in [6, 6.07) is 15.9. The van der Waals surface area contributed by atoms with Crippen LogP contribution in [0, 0.1) is 5.82 Å². The van der Waals surface area contributed by atoms with Crippen LogP contribution in [0.5, 0.6) is 0 Å². The molecule has 2 rings (SSSR count). The summed E-state index contributed by atoms with van der Waals surface area (Å²) < 4.78 is 25.6. The summed E-state index contributed by atoms with van der Waals surface area (Å²) in [5.74, 6) is 0.940. The summed E-state index contributed by atoms with van der Waals surface area (Å²) in [6.07, 6.45) is 0. The molecular weight excluding hydrogens is 464 g/mol. The molecule has 4 nitrogen and oxygen atoms in total. The van der Waals surface area contributed by atoms with Crippen molar-refractivity contribution in [3.63, 3.8) is 0 Å². The molecule has 7 heteroatoms. The molecule has 0 saturated carbocycles. The second-order valence-corrected chi connectivity index (χ2v) is 7.16. The van der Waals surface area contributed by atoms with Crippen LogP contribution in [0.1, 0.15) is 12.5 Å². The van der Waals surface area contributed by atoms with Gasteiger partial charge in [0.2, 0.25) is 0 Å². The molecule has 2 aromatic carbocycles. The Hall–Kier alpha value is -1.48. The van der Waals surface area contributed by atoms with E-state index in [1.165, 1.54) is 12.1 Å². The van der Waals surface area contributed by atoms with Gasteiger partial charge in [-0.25, -0.2) is 4.39 Å². The molecule has 0 spiro atoms. The van der Waals surface area contributed by atoms with Gasteiger partial charge in [0.05, 0.1) is 17.3 Å². The number of hydrogen-bond donors (Lipinski definition) is 1. The van der Waals surface area contributed by atoms with Gasteiger partial charge in [0, 0.05) is 30.8 Å². The van der Waals surface area contributed by atoms with Crippen LogP contribution >= 0.6 is 24.0 Å². The Labute approximate surface area is 174 Å². The van der Waals surface area contributed by atoms with Crippen molar-refractivity contribution in [1.82, 2.24) is 10.2 Å². The second-order valence-electron chi connectivity index (χ2n) is 5.58. The Morgan fingerprint density at radius 1 is 1.19 bits per heavy atom. The highest BCUT2D eigenvalue weighted by Gasteiger charge is 2.08. The lowest BCUT2D eigenvalue weighted by atomic mass is 10.2. The molecule has 0 aliphatic carbocycles. The fourth-order valence-electron chi connectivity index (χ4n) is 2.38. The van der Waals surface area contributed by atoms with Gasteiger partial charge in [-0.1, -0.05) is 30.3 Å². The van der Waals surface area contributed by atoms with Gasteiger partial charge in [-0.2, -0.15) is 0 Å². The van der Waals surface area contributed by atoms with Crippen LogP contribution in [0.4, 0.5) is 4.39 Å². The van der Waals surface area contributed by atoms with Crippen LogP contribution in [0.2, 0.25) is 0 Å². The molecule has 1 atom stereocenters. The molecule has 1 unspecified atom stereocenters. The van der Waals surface area contributed by atoms with Crippen LogP contribution in [0.25, 0.3) is 0 Å². The number of nitrogens with zero attached hydrogens (tertiary/aromatic N) is 2. The van der Waals surface area contributed by atoms with Crippen molar-refractivity contribution in [2.24, 2.45) is 4.99 Å². The number of hydrogen-bond acceptors (Lipinski definition) is 2. The lowest BCUT2D eigenvalue weighted by Crippen LogP contribution is -2.38. The van der Waals surface area contributed by atoms with Crippen molar-refractivity contribution in [3.8, 4) is 0 Å². The maximum atomic E-state index is 13.3. The van der Waals surface area contributed by atoms with E-state index in [4.69, 9.17) is 0 Å². The Morgan fingerprint density at radius 2 is 1.92 bits per heavy atom. The Morgan fingerprint density at radius 3 is 2.58 bits per heavy atom. The van der Waals surface area contributed by atoms with E-state index in [0.717, 1.165) is 23.0 Å². The van der Waals surface area contributed by atoms with Crippen LogP contribution < -0.4 is 5.32 Å². The summed E-state index contributed by atoms with van der Waals surface area (Å²) in [5.41, 5.74) is 0.876. The lowest BCUT2D eigenvalue weighted by Gasteiger charge is -2.22. The van der Waals surface area contributed by atoms with Crippen molar-refractivity contribution in [1.29, 1.82) is 0 Å². The van der Waals surface area contributed by atoms with Crippen LogP contribution in [0.3, 0.4) is 0 Å². The number of nitrogens with one attached hydrogen (secondary N) is 1. The zero-order chi connectivity index (χ0) is 18.1. The van der Waals surface area contributed by atoms with E-state index in [1.54, 1.807) is 6.07 Å². The summed E-state index contributed by atoms with van der Waals surface area (Å²) in [5, 5.41) is 3.21. The average Bonchev–Trinajstić information content (AvgIpc) is 2.61. The normalized spacial score (nSPS) is 12.2. The van der Waals surface area contributed by atoms with Crippen LogP contribution in [-0.2, 0) is 17.3 Å². The molecule has 0 bridgehead atoms. The number of rotatable bonds is 7. The monoisotopic (exact) mass is 489 g/mol. The SMILES string of the molecule is CCNC(=NCCS(=O)c1ccccc1)N(C)Cc1cccc(F)c1.I. The molecule has 0 fully saturated rings. The van der Waals surface area contributed by atoms with Gasteiger partial charge >= 0.3 is 0 Å². The zero-order valence-electron chi connectivity index (χ0n) is 15.0. The maximum absolute atomic E-state index is 13.3. The van der Waals surface area contributed by atoms with Gasteiger partial charge < -0.3 is 10.2 Å². The van der Waals surface area contributed by atoms with Gasteiger partial charge in [0.1, 0.15) is 5.82 Å². The minimum atomic E-state index is -1.06. The number of halogens is 2. The minimum Gasteiger partial charge on any atom is -0.357 e. The fraction of sp³-hybridized carbons (Fsp3) is 0.316. The molecule has 0 aliphatic rings. The average molecular weight is 489 g/mol. The smallest absolute Gasteiger partial charge is 0.193 e. The van der Waals surface area contributed by atoms with Crippen LogP contribution in [0.15, 0.2) is 64.5 Å². The Balaban J connectivity index is 0.00000338. The van der Waals surface area contributed by atoms with E-state index in [-0.39, 0.29) is 29.8 Å². The molecule has 26 heavy (non-hydrogen) atoms. The van der Waals surface area contributed by atoms with E-state index in [1.807, 2.05) is 55.3 Å². The Bertz CT molecular complexity index is 728. The van der Waals surface area contributed by atoms with Crippen LogP contribution in [-0.4, -0.2) is 41.0 Å². The van der Waals surface area contributed by atoms with Crippen molar-refractivity contribution < 1.29 is 8.60 Å². The first-order valence-electron chi connectivity index (χ1n) is 8.27. The quantitative estimate of drug-likeness (QED) is 0.367. The summed E-state index contributed by atoms with van der Waals surface area (Å²) in [7, 11) is 0.842. The lowest BCUT2D eigenvalue weighted by molar-refractivity contribution is 0.475. The largest absolute Gasteiger partial charge is 0.357 e. The summed E-state index contributed by atoms with van der Waals surface area (Å²) in [4.78, 5) is 7.29. The predicted octanol–water partition coefficient (Wildman–Crippen LogP) is 3.65. The Kier molecular flexibility index (Phi) is 10.4. The van der Waals surface area contributed by atoms with Gasteiger partial charge in [0.25, 0.3) is 0 Å². The minimum absolute atomic E-state index is 0. The maximum Gasteiger partial charge on any atom is 0.193 e. The molecule has 0 aliphatic heterocycles. The van der Waals surface area contributed by atoms with E-state index in [2.05, 4.69) is 10.3 Å². The van der Waals surface area contributed by atoms with E-state index in [9.17, 15) is 8.60 Å². The van der Waals surface area contributed by atoms with Gasteiger partial charge in [0.15, 0.2) is 5.96 Å². The van der Waals surface area contributed by atoms with Crippen molar-refractivity contribution in [2.75, 3.05) is 25.9 Å². The van der Waals surface area contributed by atoms with Gasteiger partial charge in [-0.3, -0.25) is 9.20 Å². The molecule has 1 N–H and O–H groups in total. The first kappa shape index (κ1) is 22.6. The van der Waals surface area contributed by atoms with Crippen molar-refractivity contribution in [2.45, 2.75) is 18.4 Å².